The second kappa shape index (κ2) is 39.3. The van der Waals surface area contributed by atoms with Gasteiger partial charge in [-0.15, -0.1) is 0 Å². The first-order valence-electron chi connectivity index (χ1n) is 42.8. The molecule has 0 radical (unpaired) electrons. The number of aryl methyl sites for hydroxylation is 2. The molecule has 0 aromatic heterocycles. The Balaban J connectivity index is 0.000000130. The number of carbonyl (C=O) groups is 8. The predicted molar refractivity (Wildman–Crippen MR) is 510 cm³/mol. The predicted octanol–water partition coefficient (Wildman–Crippen LogP) is 14.5. The van der Waals surface area contributed by atoms with E-state index in [-0.39, 0.29) is 53.0 Å². The summed E-state index contributed by atoms with van der Waals surface area (Å²) >= 11 is 6.17. The summed E-state index contributed by atoms with van der Waals surface area (Å²) < 4.78 is 0. The van der Waals surface area contributed by atoms with E-state index in [2.05, 4.69) is 134 Å². The fraction of sp³-hybridized carbons (Fsp3) is 0.333. The quantitative estimate of drug-likeness (QED) is 0.0705. The highest BCUT2D eigenvalue weighted by atomic mass is 35.5. The van der Waals surface area contributed by atoms with Crippen LogP contribution in [0.4, 0.5) is 11.4 Å². The Labute approximate surface area is 744 Å². The Morgan fingerprint density at radius 2 is 0.508 bits per heavy atom. The molecule has 0 unspecified atom stereocenters. The summed E-state index contributed by atoms with van der Waals surface area (Å²) in [5.41, 5.74) is 15.2. The number of hydrogen-bond acceptors (Lipinski definition) is 19. The van der Waals surface area contributed by atoms with Gasteiger partial charge < -0.3 is 44.3 Å². The van der Waals surface area contributed by atoms with Gasteiger partial charge in [-0.05, 0) is 226 Å². The van der Waals surface area contributed by atoms with E-state index in [4.69, 9.17) is 11.6 Å². The first kappa shape index (κ1) is 91.8. The zero-order valence-corrected chi connectivity index (χ0v) is 76.7. The summed E-state index contributed by atoms with van der Waals surface area (Å²) in [5, 5.41) is 22.3. The molecule has 0 saturated heterocycles. The van der Waals surface area contributed by atoms with E-state index in [9.17, 15) is 43.5 Å². The van der Waals surface area contributed by atoms with Crippen molar-refractivity contribution in [2.24, 2.45) is 0 Å². The van der Waals surface area contributed by atoms with Crippen molar-refractivity contribution in [1.82, 2.24) is 58.8 Å². The molecule has 0 atom stereocenters. The molecule has 12 aromatic rings. The maximum absolute atomic E-state index is 12.8. The number of halogens is 1. The van der Waals surface area contributed by atoms with Crippen LogP contribution < -0.4 is 9.80 Å². The number of hydrogen-bond donors (Lipinski definition) is 1. The molecular formula is C102H117ClN14O9. The maximum atomic E-state index is 12.8. The van der Waals surface area contributed by atoms with Gasteiger partial charge in [0.1, 0.15) is 5.75 Å². The third kappa shape index (κ3) is 19.3. The molecule has 0 aliphatic carbocycles. The molecule has 1 N–H and O–H groups in total. The fourth-order valence-electron chi connectivity index (χ4n) is 17.3. The van der Waals surface area contributed by atoms with Crippen molar-refractivity contribution in [2.45, 2.75) is 40.0 Å². The molecule has 12 aromatic carbocycles. The Hall–Kier alpha value is -11.9. The second-order valence-electron chi connectivity index (χ2n) is 35.2. The van der Waals surface area contributed by atoms with E-state index >= 15 is 0 Å². The van der Waals surface area contributed by atoms with Gasteiger partial charge in [-0.1, -0.05) is 121 Å². The largest absolute Gasteiger partial charge is 0.507 e. The van der Waals surface area contributed by atoms with Crippen molar-refractivity contribution in [3.8, 4) is 5.75 Å². The van der Waals surface area contributed by atoms with E-state index in [1.165, 1.54) is 80.7 Å². The van der Waals surface area contributed by atoms with Crippen molar-refractivity contribution >= 4 is 135 Å². The van der Waals surface area contributed by atoms with Crippen molar-refractivity contribution < 1.29 is 43.5 Å². The van der Waals surface area contributed by atoms with Gasteiger partial charge in [-0.25, -0.2) is 0 Å². The Bertz CT molecular complexity index is 5820. The number of rotatable bonds is 20. The van der Waals surface area contributed by atoms with Crippen LogP contribution in [0.1, 0.15) is 116 Å². The summed E-state index contributed by atoms with van der Waals surface area (Å²) in [7, 11) is 32.0. The average Bonchev–Trinajstić information content (AvgIpc) is 0.752. The number of carbonyl (C=O) groups excluding carboxylic acids is 8. The van der Waals surface area contributed by atoms with Crippen LogP contribution in [0.2, 0.25) is 5.02 Å². The Morgan fingerprint density at radius 1 is 0.262 bits per heavy atom. The molecule has 6 aliphatic rings. The first-order valence-corrected chi connectivity index (χ1v) is 43.2. The van der Waals surface area contributed by atoms with Crippen LogP contribution in [0.3, 0.4) is 0 Å². The monoisotopic (exact) mass is 1720 g/mol. The first-order chi connectivity index (χ1) is 60.1. The zero-order chi connectivity index (χ0) is 90.5. The van der Waals surface area contributed by atoms with Gasteiger partial charge in [0.15, 0.2) is 0 Å². The summed E-state index contributed by atoms with van der Waals surface area (Å²) in [6.45, 7) is 17.1. The number of phenols is 1. The van der Waals surface area contributed by atoms with Crippen LogP contribution in [-0.2, 0) is 26.2 Å². The molecular weight excluding hydrogens is 1600 g/mol. The number of aromatic hydroxyl groups is 1. The summed E-state index contributed by atoms with van der Waals surface area (Å²) in [5.74, 6) is -1.80. The van der Waals surface area contributed by atoms with Crippen LogP contribution in [0.25, 0.3) is 64.6 Å². The lowest BCUT2D eigenvalue weighted by atomic mass is 9.92. The zero-order valence-electron chi connectivity index (χ0n) is 76.0. The summed E-state index contributed by atoms with van der Waals surface area (Å²) in [4.78, 5) is 128. The van der Waals surface area contributed by atoms with Crippen molar-refractivity contribution in [3.63, 3.8) is 0 Å². The molecule has 23 nitrogen and oxygen atoms in total. The van der Waals surface area contributed by atoms with E-state index in [1.807, 2.05) is 169 Å². The van der Waals surface area contributed by atoms with E-state index in [0.29, 0.717) is 118 Å². The smallest absolute Gasteiger partial charge is 0.261 e. The van der Waals surface area contributed by atoms with Gasteiger partial charge in [0.05, 0.1) is 0 Å². The van der Waals surface area contributed by atoms with Crippen LogP contribution in [0, 0.1) is 13.8 Å². The summed E-state index contributed by atoms with van der Waals surface area (Å²) in [6, 6.07) is 58.5. The SMILES string of the molecule is CN(C)CCN1C(=O)c2cccc3c(Cl)ccc(c23)C1=O.CN(C)CCN1C(=O)c2cccc3c(N(C)C)ccc(c23)C1=O.CN(C)CCN1C(=O)c2cccc3c(O)ccc(c23)C1=O.CN(C)CCN1Cc2cccc3c(N(C)C)ccc(c23)C1.Cc1ccc2c3c(cccc13)C(=O)N(CCN(C)C)C2=O.Cc1ccc2c3c(cccc13)CN(CCN(C)C)C2. The molecule has 0 spiro atoms. The maximum Gasteiger partial charge on any atom is 0.261 e. The molecule has 6 aliphatic heterocycles. The number of anilines is 2. The second-order valence-corrected chi connectivity index (χ2v) is 35.7. The fourth-order valence-corrected chi connectivity index (χ4v) is 17.5. The Kier molecular flexibility index (Phi) is 28.7. The minimum absolute atomic E-state index is 0.0814. The molecule has 18 rings (SSSR count). The molecule has 6 heterocycles. The number of phenolic OH excluding ortho intramolecular Hbond substituents is 1. The number of imide groups is 4. The standard InChI is InChI=1S/C18H21N3O2.C18H25N3.C17H18N2O2.C17H22N2.C16H15ClN2O2.C16H16N2O3/c1-19(2)10-11-21-17(22)13-7-5-6-12-15(20(3)4)9-8-14(16(12)13)18(21)23;1-19(2)10-11-21-12-14-6-5-7-16-17(20(3)4)9-8-15(13-21)18(14)16;1-11-7-8-14-15-12(11)5-4-6-13(15)16(20)19(17(14)21)10-9-18(2)3;1-13-7-8-15-12-19(10-9-18(2)3)11-14-5-4-6-16(13)17(14)15;1-18(2)8-9-19-15(20)11-5-3-4-10-13(17)7-6-12(14(10)11)16(19)21;1-17(2)8-9-18-15(20)11-5-3-4-10-13(19)7-6-12(14(10)11)16(18)21/h5-9H,10-11H2,1-4H3;5-9H,10-13H2,1-4H3;4-8H,9-10H2,1-3H3;4-8H,9-12H2,1-3H3;3-7H,8-9H2,1-2H3;3-7,19H,8-9H2,1-2H3. The minimum atomic E-state index is -0.300. The van der Waals surface area contributed by atoms with Crippen molar-refractivity contribution in [2.75, 3.05) is 201 Å². The number of likely N-dealkylation sites (N-methyl/N-ethyl adjacent to an activating group) is 6. The van der Waals surface area contributed by atoms with E-state index in [0.717, 1.165) is 90.5 Å². The number of benzene rings is 12. The highest BCUT2D eigenvalue weighted by Crippen LogP contribution is 2.41. The third-order valence-corrected chi connectivity index (χ3v) is 24.4. The van der Waals surface area contributed by atoms with Gasteiger partial charge in [-0.3, -0.25) is 67.8 Å². The van der Waals surface area contributed by atoms with Crippen LogP contribution >= 0.6 is 11.6 Å². The minimum Gasteiger partial charge on any atom is -0.507 e. The van der Waals surface area contributed by atoms with Gasteiger partial charge in [0.25, 0.3) is 47.3 Å². The molecule has 0 bridgehead atoms. The third-order valence-electron chi connectivity index (χ3n) is 24.1. The highest BCUT2D eigenvalue weighted by Gasteiger charge is 2.38. The molecule has 126 heavy (non-hydrogen) atoms. The van der Waals surface area contributed by atoms with Crippen LogP contribution in [0.5, 0.6) is 5.75 Å². The highest BCUT2D eigenvalue weighted by molar-refractivity contribution is 6.38. The van der Waals surface area contributed by atoms with Gasteiger partial charge >= 0.3 is 0 Å². The molecule has 0 fully saturated rings. The van der Waals surface area contributed by atoms with Crippen molar-refractivity contribution in [3.05, 3.63) is 265 Å². The molecule has 656 valence electrons. The lowest BCUT2D eigenvalue weighted by molar-refractivity contribution is 0.0585. The van der Waals surface area contributed by atoms with Crippen LogP contribution in [0.15, 0.2) is 182 Å². The lowest BCUT2D eigenvalue weighted by Crippen LogP contribution is -2.43. The normalized spacial score (nSPS) is 14.5. The molecule has 0 saturated carbocycles. The summed E-state index contributed by atoms with van der Waals surface area (Å²) in [6.07, 6.45) is 0. The topological polar surface area (TPSA) is 202 Å². The van der Waals surface area contributed by atoms with Crippen molar-refractivity contribution in [1.29, 1.82) is 0 Å². The molecule has 8 amide bonds. The van der Waals surface area contributed by atoms with Crippen LogP contribution in [-0.4, -0.2) is 302 Å². The molecule has 24 heteroatoms. The van der Waals surface area contributed by atoms with Gasteiger partial charge in [0.2, 0.25) is 0 Å². The number of amides is 8. The lowest BCUT2D eigenvalue weighted by Gasteiger charge is -2.31. The van der Waals surface area contributed by atoms with E-state index in [1.54, 1.807) is 48.5 Å². The Morgan fingerprint density at radius 3 is 0.889 bits per heavy atom. The van der Waals surface area contributed by atoms with E-state index < -0.39 is 0 Å². The number of nitrogens with zero attached hydrogens (tertiary/aromatic N) is 14. The van der Waals surface area contributed by atoms with Gasteiger partial charge in [0, 0.05) is 237 Å². The average molecular weight is 1720 g/mol. The van der Waals surface area contributed by atoms with Gasteiger partial charge in [-0.2, -0.15) is 0 Å².